The molecular formula is C18H28FN7O. The molecule has 6 N–H and O–H groups in total. The zero-order chi connectivity index (χ0) is 19.4. The van der Waals surface area contributed by atoms with Crippen LogP contribution in [0.1, 0.15) is 32.3 Å². The molecule has 27 heavy (non-hydrogen) atoms. The van der Waals surface area contributed by atoms with E-state index in [2.05, 4.69) is 26.1 Å². The Bertz CT molecular complexity index is 786. The quantitative estimate of drug-likeness (QED) is 0.369. The standard InChI is InChI=1S/C18H28FN7O/c1-18(2,19)11-23-17(27)12-4-3-7-26(10-12)25-15-13(9-24-20)8-22-16-14(15)5-6-21-16/h5-6,8,12,24H,3-4,7,9-11,20H2,1-2H3,(H,23,27)(H2,21,22,25)/t12-/m1/s1. The van der Waals surface area contributed by atoms with Gasteiger partial charge in [0, 0.05) is 43.0 Å². The van der Waals surface area contributed by atoms with Crippen molar-refractivity contribution in [1.82, 2.24) is 25.7 Å². The van der Waals surface area contributed by atoms with Gasteiger partial charge in [-0.3, -0.25) is 16.1 Å². The molecule has 1 fully saturated rings. The summed E-state index contributed by atoms with van der Waals surface area (Å²) in [7, 11) is 0. The van der Waals surface area contributed by atoms with E-state index in [0.29, 0.717) is 13.1 Å². The maximum atomic E-state index is 13.7. The molecule has 2 aromatic rings. The van der Waals surface area contributed by atoms with Gasteiger partial charge in [-0.1, -0.05) is 0 Å². The Morgan fingerprint density at radius 2 is 2.33 bits per heavy atom. The average molecular weight is 377 g/mol. The van der Waals surface area contributed by atoms with E-state index in [9.17, 15) is 9.18 Å². The summed E-state index contributed by atoms with van der Waals surface area (Å²) in [5, 5.41) is 5.73. The normalized spacial score (nSPS) is 18.6. The van der Waals surface area contributed by atoms with Crippen LogP contribution in [0.5, 0.6) is 0 Å². The number of nitrogens with zero attached hydrogens (tertiary/aromatic N) is 2. The van der Waals surface area contributed by atoms with E-state index in [0.717, 1.165) is 41.7 Å². The number of aromatic nitrogens is 2. The molecule has 0 aromatic carbocycles. The number of carbonyl (C=O) groups excluding carboxylic acids is 1. The molecule has 0 saturated carbocycles. The number of hydrazine groups is 2. The number of aromatic amines is 1. The largest absolute Gasteiger partial charge is 0.353 e. The number of carbonyl (C=O) groups is 1. The van der Waals surface area contributed by atoms with E-state index in [4.69, 9.17) is 5.84 Å². The molecule has 1 saturated heterocycles. The minimum absolute atomic E-state index is 0.0242. The van der Waals surface area contributed by atoms with Crippen LogP contribution in [0.25, 0.3) is 11.0 Å². The van der Waals surface area contributed by atoms with Crippen molar-refractivity contribution in [2.45, 2.75) is 38.9 Å². The van der Waals surface area contributed by atoms with Crippen LogP contribution in [0, 0.1) is 5.92 Å². The molecule has 1 atom stereocenters. The lowest BCUT2D eigenvalue weighted by molar-refractivity contribution is -0.127. The minimum Gasteiger partial charge on any atom is -0.353 e. The van der Waals surface area contributed by atoms with Crippen LogP contribution in [0.2, 0.25) is 0 Å². The number of pyridine rings is 1. The number of hydrogen-bond donors (Lipinski definition) is 5. The lowest BCUT2D eigenvalue weighted by Gasteiger charge is -2.33. The first kappa shape index (κ1) is 19.5. The number of hydrogen-bond acceptors (Lipinski definition) is 6. The lowest BCUT2D eigenvalue weighted by Crippen LogP contribution is -2.47. The summed E-state index contributed by atoms with van der Waals surface area (Å²) in [5.41, 5.74) is 7.35. The zero-order valence-corrected chi connectivity index (χ0v) is 15.8. The van der Waals surface area contributed by atoms with Crippen molar-refractivity contribution in [3.05, 3.63) is 24.0 Å². The van der Waals surface area contributed by atoms with E-state index in [1.807, 2.05) is 17.3 Å². The highest BCUT2D eigenvalue weighted by Crippen LogP contribution is 2.27. The van der Waals surface area contributed by atoms with Crippen molar-refractivity contribution in [1.29, 1.82) is 0 Å². The van der Waals surface area contributed by atoms with Gasteiger partial charge in [0.05, 0.1) is 18.2 Å². The van der Waals surface area contributed by atoms with Crippen LogP contribution >= 0.6 is 0 Å². The molecule has 1 aliphatic heterocycles. The smallest absolute Gasteiger partial charge is 0.224 e. The van der Waals surface area contributed by atoms with Crippen LogP contribution in [-0.4, -0.2) is 46.2 Å². The van der Waals surface area contributed by atoms with E-state index in [1.54, 1.807) is 6.20 Å². The summed E-state index contributed by atoms with van der Waals surface area (Å²) in [6.45, 7) is 4.79. The molecule has 148 valence electrons. The number of rotatable bonds is 7. The Hall–Kier alpha value is -2.23. The van der Waals surface area contributed by atoms with Crippen molar-refractivity contribution in [3.8, 4) is 0 Å². The van der Waals surface area contributed by atoms with Crippen molar-refractivity contribution in [2.24, 2.45) is 11.8 Å². The summed E-state index contributed by atoms with van der Waals surface area (Å²) >= 11 is 0. The first-order valence-electron chi connectivity index (χ1n) is 9.24. The number of halogens is 1. The minimum atomic E-state index is -1.41. The molecule has 3 rings (SSSR count). The first-order valence-corrected chi connectivity index (χ1v) is 9.24. The maximum absolute atomic E-state index is 13.7. The Balaban J connectivity index is 1.70. The van der Waals surface area contributed by atoms with Crippen LogP contribution < -0.4 is 22.0 Å². The maximum Gasteiger partial charge on any atom is 0.224 e. The molecule has 0 bridgehead atoms. The van der Waals surface area contributed by atoms with Gasteiger partial charge in [-0.15, -0.1) is 0 Å². The Labute approximate surface area is 158 Å². The van der Waals surface area contributed by atoms with Gasteiger partial charge in [0.1, 0.15) is 11.3 Å². The number of alkyl halides is 1. The highest BCUT2D eigenvalue weighted by atomic mass is 19.1. The van der Waals surface area contributed by atoms with Gasteiger partial charge < -0.3 is 15.7 Å². The number of fused-ring (bicyclic) bond motifs is 1. The number of amides is 1. The summed E-state index contributed by atoms with van der Waals surface area (Å²) < 4.78 is 13.7. The predicted molar refractivity (Wildman–Crippen MR) is 103 cm³/mol. The second kappa shape index (κ2) is 8.20. The number of H-pyrrole nitrogens is 1. The van der Waals surface area contributed by atoms with E-state index >= 15 is 0 Å². The summed E-state index contributed by atoms with van der Waals surface area (Å²) in [5.74, 6) is 5.23. The molecule has 1 amide bonds. The molecule has 0 aliphatic carbocycles. The number of piperidine rings is 1. The summed E-state index contributed by atoms with van der Waals surface area (Å²) in [6.07, 6.45) is 5.30. The number of anilines is 1. The third-order valence-corrected chi connectivity index (χ3v) is 4.70. The molecule has 8 nitrogen and oxygen atoms in total. The first-order chi connectivity index (χ1) is 12.9. The Morgan fingerprint density at radius 1 is 1.52 bits per heavy atom. The van der Waals surface area contributed by atoms with Crippen LogP contribution in [-0.2, 0) is 11.3 Å². The van der Waals surface area contributed by atoms with Crippen molar-refractivity contribution >= 4 is 22.6 Å². The molecule has 0 radical (unpaired) electrons. The zero-order valence-electron chi connectivity index (χ0n) is 15.8. The fourth-order valence-electron chi connectivity index (χ4n) is 3.32. The molecule has 2 aromatic heterocycles. The van der Waals surface area contributed by atoms with Crippen LogP contribution in [0.3, 0.4) is 0 Å². The third-order valence-electron chi connectivity index (χ3n) is 4.70. The molecule has 3 heterocycles. The number of nitrogens with two attached hydrogens (primary N) is 1. The average Bonchev–Trinajstić information content (AvgIpc) is 3.10. The van der Waals surface area contributed by atoms with Gasteiger partial charge >= 0.3 is 0 Å². The molecule has 0 spiro atoms. The van der Waals surface area contributed by atoms with Crippen LogP contribution in [0.15, 0.2) is 18.5 Å². The lowest BCUT2D eigenvalue weighted by atomic mass is 9.98. The van der Waals surface area contributed by atoms with Crippen molar-refractivity contribution in [3.63, 3.8) is 0 Å². The summed E-state index contributed by atoms with van der Waals surface area (Å²) in [4.78, 5) is 19.9. The molecule has 0 unspecified atom stereocenters. The van der Waals surface area contributed by atoms with Gasteiger partial charge in [-0.05, 0) is 32.8 Å². The summed E-state index contributed by atoms with van der Waals surface area (Å²) in [6, 6.07) is 1.96. The van der Waals surface area contributed by atoms with Crippen molar-refractivity contribution < 1.29 is 9.18 Å². The molecular weight excluding hydrogens is 349 g/mol. The second-order valence-electron chi connectivity index (χ2n) is 7.61. The Kier molecular flexibility index (Phi) is 5.93. The predicted octanol–water partition coefficient (Wildman–Crippen LogP) is 1.43. The van der Waals surface area contributed by atoms with E-state index in [-0.39, 0.29) is 18.4 Å². The van der Waals surface area contributed by atoms with Gasteiger partial charge in [0.15, 0.2) is 0 Å². The van der Waals surface area contributed by atoms with E-state index < -0.39 is 5.67 Å². The monoisotopic (exact) mass is 377 g/mol. The second-order valence-corrected chi connectivity index (χ2v) is 7.61. The highest BCUT2D eigenvalue weighted by Gasteiger charge is 2.28. The number of nitrogens with one attached hydrogen (secondary N) is 4. The third kappa shape index (κ3) is 4.94. The van der Waals surface area contributed by atoms with Gasteiger partial charge in [-0.2, -0.15) is 0 Å². The van der Waals surface area contributed by atoms with Crippen LogP contribution in [0.4, 0.5) is 10.1 Å². The molecule has 1 aliphatic rings. The van der Waals surface area contributed by atoms with Gasteiger partial charge in [0.25, 0.3) is 0 Å². The topological polar surface area (TPSA) is 111 Å². The fourth-order valence-corrected chi connectivity index (χ4v) is 3.32. The highest BCUT2D eigenvalue weighted by molar-refractivity contribution is 5.91. The van der Waals surface area contributed by atoms with Crippen molar-refractivity contribution in [2.75, 3.05) is 25.1 Å². The van der Waals surface area contributed by atoms with Gasteiger partial charge in [-0.25, -0.2) is 14.4 Å². The molecule has 9 heteroatoms. The van der Waals surface area contributed by atoms with Gasteiger partial charge in [0.2, 0.25) is 5.91 Å². The fraction of sp³-hybridized carbons (Fsp3) is 0.556. The van der Waals surface area contributed by atoms with E-state index in [1.165, 1.54) is 13.8 Å². The Morgan fingerprint density at radius 3 is 3.07 bits per heavy atom. The SMILES string of the molecule is CC(C)(F)CNC(=O)[C@@H]1CCCN(Nc2c(CNN)cnc3[nH]ccc23)C1.